The van der Waals surface area contributed by atoms with Crippen molar-refractivity contribution in [3.8, 4) is 0 Å². The average molecular weight is 562 g/mol. The van der Waals surface area contributed by atoms with Crippen molar-refractivity contribution in [3.05, 3.63) is 71.2 Å². The maximum absolute atomic E-state index is 12.2. The van der Waals surface area contributed by atoms with Crippen molar-refractivity contribution in [2.45, 2.75) is 50.9 Å². The van der Waals surface area contributed by atoms with Gasteiger partial charge in [0.05, 0.1) is 12.2 Å². The molecule has 0 aliphatic carbocycles. The number of carboxylic acids is 1. The van der Waals surface area contributed by atoms with Gasteiger partial charge in [-0.05, 0) is 42.9 Å². The van der Waals surface area contributed by atoms with Gasteiger partial charge in [0.1, 0.15) is 36.4 Å². The second-order valence-corrected chi connectivity index (χ2v) is 10.2. The number of pyridine rings is 1. The van der Waals surface area contributed by atoms with E-state index in [0.29, 0.717) is 23.1 Å². The van der Waals surface area contributed by atoms with Gasteiger partial charge in [0.25, 0.3) is 0 Å². The zero-order valence-corrected chi connectivity index (χ0v) is 22.8. The molecule has 0 radical (unpaired) electrons. The minimum Gasteiger partial charge on any atom is -0.480 e. The Kier molecular flexibility index (Phi) is 9.09. The van der Waals surface area contributed by atoms with Crippen molar-refractivity contribution < 1.29 is 24.5 Å². The fourth-order valence-electron chi connectivity index (χ4n) is 5.24. The molecule has 41 heavy (non-hydrogen) atoms. The number of carbonyl (C=O) groups is 2. The van der Waals surface area contributed by atoms with Gasteiger partial charge in [-0.15, -0.1) is 0 Å². The molecule has 2 aromatic heterocycles. The van der Waals surface area contributed by atoms with E-state index in [0.717, 1.165) is 62.4 Å². The molecule has 1 amide bonds. The molecule has 5 rings (SSSR count). The van der Waals surface area contributed by atoms with E-state index in [-0.39, 0.29) is 19.8 Å². The Bertz CT molecular complexity index is 1350. The number of ether oxygens (including phenoxy) is 1. The predicted molar refractivity (Wildman–Crippen MR) is 153 cm³/mol. The fourth-order valence-corrected chi connectivity index (χ4v) is 5.24. The highest BCUT2D eigenvalue weighted by Crippen LogP contribution is 2.33. The third kappa shape index (κ3) is 7.01. The number of aromatic nitrogens is 3. The number of aryl methyl sites for hydroxylation is 1. The van der Waals surface area contributed by atoms with Crippen LogP contribution >= 0.6 is 0 Å². The second-order valence-electron chi connectivity index (χ2n) is 10.2. The van der Waals surface area contributed by atoms with Crippen LogP contribution in [0.5, 0.6) is 0 Å². The van der Waals surface area contributed by atoms with Crippen molar-refractivity contribution in [1.82, 2.24) is 20.3 Å². The number of piperidine rings is 1. The summed E-state index contributed by atoms with van der Waals surface area (Å²) in [6.45, 7) is 1.93. The Balaban J connectivity index is 1.18. The first-order chi connectivity index (χ1) is 20.0. The lowest BCUT2D eigenvalue weighted by Gasteiger charge is -2.34. The van der Waals surface area contributed by atoms with E-state index in [1.54, 1.807) is 12.1 Å². The molecular weight excluding hydrogens is 526 g/mol. The maximum atomic E-state index is 12.2. The third-order valence-corrected chi connectivity index (χ3v) is 7.49. The summed E-state index contributed by atoms with van der Waals surface area (Å²) in [4.78, 5) is 39.7. The standard InChI is InChI=1S/C29H35N7O5/c37-16-22-26(31-15-24(28(38)39)35-29(40)41-17-19-5-2-1-3-6-19)32-18-33-27(22)36-13-10-20(11-14-36)23-9-8-21-7-4-12-30-25(21)34-23/h1-3,5-6,8-9,18,20,24,37H,4,7,10-17H2,(H,30,34)(H,35,40)(H,38,39)(H,31,32,33). The molecule has 1 aromatic carbocycles. The summed E-state index contributed by atoms with van der Waals surface area (Å²) < 4.78 is 5.15. The summed E-state index contributed by atoms with van der Waals surface area (Å²) in [7, 11) is 0. The molecule has 0 saturated carbocycles. The van der Waals surface area contributed by atoms with E-state index in [1.807, 2.05) is 18.2 Å². The van der Waals surface area contributed by atoms with Crippen LogP contribution in [0.1, 0.15) is 47.6 Å². The quantitative estimate of drug-likeness (QED) is 0.247. The molecule has 12 nitrogen and oxygen atoms in total. The van der Waals surface area contributed by atoms with Gasteiger partial charge in [0.15, 0.2) is 0 Å². The molecule has 1 unspecified atom stereocenters. The van der Waals surface area contributed by atoms with E-state index >= 15 is 0 Å². The zero-order valence-electron chi connectivity index (χ0n) is 22.8. The number of hydrogen-bond donors (Lipinski definition) is 5. The van der Waals surface area contributed by atoms with Gasteiger partial charge in [0, 0.05) is 37.8 Å². The molecule has 2 aliphatic heterocycles. The summed E-state index contributed by atoms with van der Waals surface area (Å²) in [6.07, 6.45) is 4.50. The number of rotatable bonds is 10. The van der Waals surface area contributed by atoms with Gasteiger partial charge >= 0.3 is 12.1 Å². The number of benzene rings is 1. The minimum absolute atomic E-state index is 0.0203. The molecule has 1 fully saturated rings. The van der Waals surface area contributed by atoms with Crippen LogP contribution in [0.25, 0.3) is 0 Å². The first-order valence-electron chi connectivity index (χ1n) is 13.9. The predicted octanol–water partition coefficient (Wildman–Crippen LogP) is 2.90. The zero-order chi connectivity index (χ0) is 28.6. The molecule has 2 aliphatic rings. The number of aliphatic carboxylic acids is 1. The Morgan fingerprint density at radius 1 is 1.12 bits per heavy atom. The number of carbonyl (C=O) groups excluding carboxylic acids is 1. The van der Waals surface area contributed by atoms with Crippen LogP contribution in [0.3, 0.4) is 0 Å². The molecule has 12 heteroatoms. The summed E-state index contributed by atoms with van der Waals surface area (Å²) >= 11 is 0. The Labute approximate surface area is 238 Å². The number of nitrogens with one attached hydrogen (secondary N) is 3. The van der Waals surface area contributed by atoms with Crippen molar-refractivity contribution in [1.29, 1.82) is 0 Å². The van der Waals surface area contributed by atoms with Crippen molar-refractivity contribution in [2.24, 2.45) is 0 Å². The summed E-state index contributed by atoms with van der Waals surface area (Å²) in [5, 5.41) is 28.6. The molecule has 0 spiro atoms. The summed E-state index contributed by atoms with van der Waals surface area (Å²) in [5.41, 5.74) is 3.63. The van der Waals surface area contributed by atoms with Crippen LogP contribution in [0.15, 0.2) is 48.8 Å². The van der Waals surface area contributed by atoms with Crippen LogP contribution in [-0.2, 0) is 29.2 Å². The van der Waals surface area contributed by atoms with Crippen molar-refractivity contribution in [2.75, 3.05) is 41.7 Å². The Morgan fingerprint density at radius 3 is 2.68 bits per heavy atom. The van der Waals surface area contributed by atoms with Gasteiger partial charge in [-0.1, -0.05) is 36.4 Å². The highest BCUT2D eigenvalue weighted by atomic mass is 16.5. The van der Waals surface area contributed by atoms with E-state index in [2.05, 4.69) is 43.0 Å². The third-order valence-electron chi connectivity index (χ3n) is 7.49. The smallest absolute Gasteiger partial charge is 0.408 e. The molecule has 4 heterocycles. The van der Waals surface area contributed by atoms with Crippen LogP contribution in [0, 0.1) is 0 Å². The van der Waals surface area contributed by atoms with E-state index in [1.165, 1.54) is 11.9 Å². The normalized spacial score (nSPS) is 15.8. The topological polar surface area (TPSA) is 162 Å². The Morgan fingerprint density at radius 2 is 1.93 bits per heavy atom. The fraction of sp³-hybridized carbons (Fsp3) is 0.414. The highest BCUT2D eigenvalue weighted by Gasteiger charge is 2.27. The van der Waals surface area contributed by atoms with Crippen LogP contribution in [-0.4, -0.2) is 69.4 Å². The first-order valence-corrected chi connectivity index (χ1v) is 13.9. The number of alkyl carbamates (subject to hydrolysis) is 1. The lowest BCUT2D eigenvalue weighted by atomic mass is 9.92. The van der Waals surface area contributed by atoms with Crippen LogP contribution in [0.4, 0.5) is 22.2 Å². The first kappa shape index (κ1) is 28.1. The van der Waals surface area contributed by atoms with Gasteiger partial charge < -0.3 is 35.8 Å². The number of fused-ring (bicyclic) bond motifs is 1. The number of aliphatic hydroxyl groups excluding tert-OH is 1. The van der Waals surface area contributed by atoms with E-state index in [9.17, 15) is 19.8 Å². The van der Waals surface area contributed by atoms with E-state index in [4.69, 9.17) is 9.72 Å². The lowest BCUT2D eigenvalue weighted by molar-refractivity contribution is -0.139. The second kappa shape index (κ2) is 13.3. The van der Waals surface area contributed by atoms with Gasteiger partial charge in [-0.2, -0.15) is 0 Å². The molecule has 1 atom stereocenters. The summed E-state index contributed by atoms with van der Waals surface area (Å²) in [6, 6.07) is 12.1. The monoisotopic (exact) mass is 561 g/mol. The van der Waals surface area contributed by atoms with Gasteiger partial charge in [-0.3, -0.25) is 0 Å². The van der Waals surface area contributed by atoms with Crippen LogP contribution in [0.2, 0.25) is 0 Å². The van der Waals surface area contributed by atoms with Gasteiger partial charge in [0.2, 0.25) is 0 Å². The number of nitrogens with zero attached hydrogens (tertiary/aromatic N) is 4. The SMILES string of the molecule is O=C(NC(CNc1ncnc(N2CCC(c3ccc4c(n3)NCCC4)CC2)c1CO)C(=O)O)OCc1ccccc1. The molecule has 216 valence electrons. The van der Waals surface area contributed by atoms with Crippen LogP contribution < -0.4 is 20.9 Å². The molecule has 1 saturated heterocycles. The number of carboxylic acid groups (broad SMARTS) is 1. The molecular formula is C29H35N7O5. The Hall–Kier alpha value is -4.45. The van der Waals surface area contributed by atoms with Crippen molar-refractivity contribution >= 4 is 29.5 Å². The minimum atomic E-state index is -1.28. The van der Waals surface area contributed by atoms with Crippen molar-refractivity contribution in [3.63, 3.8) is 0 Å². The number of amides is 1. The number of hydrogen-bond acceptors (Lipinski definition) is 10. The molecule has 0 bridgehead atoms. The number of anilines is 3. The number of aliphatic hydroxyl groups is 1. The average Bonchev–Trinajstić information content (AvgIpc) is 3.02. The summed E-state index contributed by atoms with van der Waals surface area (Å²) in [5.74, 6) is 1.02. The molecule has 5 N–H and O–H groups in total. The molecule has 3 aromatic rings. The highest BCUT2D eigenvalue weighted by molar-refractivity contribution is 5.80. The lowest BCUT2D eigenvalue weighted by Crippen LogP contribution is -2.45. The van der Waals surface area contributed by atoms with Gasteiger partial charge in [-0.25, -0.2) is 24.5 Å². The largest absolute Gasteiger partial charge is 0.480 e. The maximum Gasteiger partial charge on any atom is 0.408 e. The van der Waals surface area contributed by atoms with E-state index < -0.39 is 18.1 Å².